The number of para-hydroxylation sites is 1. The highest BCUT2D eigenvalue weighted by Gasteiger charge is 2.13. The molecule has 0 fully saturated rings. The summed E-state index contributed by atoms with van der Waals surface area (Å²) in [5.41, 5.74) is 2.60. The first-order chi connectivity index (χ1) is 15.1. The first-order valence-corrected chi connectivity index (χ1v) is 11.1. The first-order valence-electron chi connectivity index (χ1n) is 9.30. The summed E-state index contributed by atoms with van der Waals surface area (Å²) in [7, 11) is 1.53. The molecule has 0 atom stereocenters. The van der Waals surface area contributed by atoms with Crippen molar-refractivity contribution in [2.24, 2.45) is 0 Å². The summed E-state index contributed by atoms with van der Waals surface area (Å²) >= 11 is 2.84. The molecule has 2 amide bonds. The number of rotatable bonds is 7. The average molecular weight is 451 g/mol. The maximum Gasteiger partial charge on any atom is 0.259 e. The fraction of sp³-hybridized carbons (Fsp3) is 0.0909. The Kier molecular flexibility index (Phi) is 6.44. The van der Waals surface area contributed by atoms with Gasteiger partial charge in [-0.25, -0.2) is 4.98 Å². The van der Waals surface area contributed by atoms with Crippen molar-refractivity contribution in [1.82, 2.24) is 9.97 Å². The number of hydrogen-bond acceptors (Lipinski definition) is 7. The van der Waals surface area contributed by atoms with Gasteiger partial charge in [0.05, 0.1) is 40.5 Å². The lowest BCUT2D eigenvalue weighted by Gasteiger charge is -2.09. The quantitative estimate of drug-likeness (QED) is 0.397. The highest BCUT2D eigenvalue weighted by Crippen LogP contribution is 2.31. The summed E-state index contributed by atoms with van der Waals surface area (Å²) < 4.78 is 6.96. The summed E-state index contributed by atoms with van der Waals surface area (Å²) in [6, 6.07) is 16.1. The van der Waals surface area contributed by atoms with Crippen molar-refractivity contribution >= 4 is 56.5 Å². The summed E-state index contributed by atoms with van der Waals surface area (Å²) in [6.07, 6.45) is 3.25. The number of hydrogen-bond donors (Lipinski definition) is 2. The van der Waals surface area contributed by atoms with Crippen molar-refractivity contribution in [3.63, 3.8) is 0 Å². The molecule has 2 N–H and O–H groups in total. The standard InChI is InChI=1S/C22H18N4O3S2/c1-29-18-7-3-2-6-16(18)21(28)25-14-8-9-17-19(11-14)31-22(26-17)30-13-20(27)24-15-5-4-10-23-12-15/h2-12H,13H2,1H3,(H,24,27)(H,25,28). The van der Waals surface area contributed by atoms with Crippen molar-refractivity contribution in [3.8, 4) is 5.75 Å². The van der Waals surface area contributed by atoms with Crippen LogP contribution in [0.25, 0.3) is 10.2 Å². The van der Waals surface area contributed by atoms with Crippen LogP contribution >= 0.6 is 23.1 Å². The molecule has 2 aromatic heterocycles. The number of nitrogens with one attached hydrogen (secondary N) is 2. The van der Waals surface area contributed by atoms with Crippen molar-refractivity contribution in [2.75, 3.05) is 23.5 Å². The van der Waals surface area contributed by atoms with E-state index in [2.05, 4.69) is 20.6 Å². The summed E-state index contributed by atoms with van der Waals surface area (Å²) in [5.74, 6) is 0.388. The third-order valence-corrected chi connectivity index (χ3v) is 6.41. The number of thiazole rings is 1. The van der Waals surface area contributed by atoms with Crippen LogP contribution in [0.1, 0.15) is 10.4 Å². The molecule has 31 heavy (non-hydrogen) atoms. The smallest absolute Gasteiger partial charge is 0.259 e. The Balaban J connectivity index is 1.41. The van der Waals surface area contributed by atoms with E-state index >= 15 is 0 Å². The molecule has 0 bridgehead atoms. The van der Waals surface area contributed by atoms with Crippen LogP contribution in [0.15, 0.2) is 71.3 Å². The van der Waals surface area contributed by atoms with Gasteiger partial charge in [0.2, 0.25) is 5.91 Å². The second-order valence-corrected chi connectivity index (χ2v) is 8.65. The van der Waals surface area contributed by atoms with Crippen LogP contribution in [0.3, 0.4) is 0 Å². The SMILES string of the molecule is COc1ccccc1C(=O)Nc1ccc2nc(SCC(=O)Nc3cccnc3)sc2c1. The van der Waals surface area contributed by atoms with Gasteiger partial charge in [0, 0.05) is 11.9 Å². The normalized spacial score (nSPS) is 10.6. The molecule has 0 saturated heterocycles. The van der Waals surface area contributed by atoms with Gasteiger partial charge in [0.25, 0.3) is 5.91 Å². The van der Waals surface area contributed by atoms with Gasteiger partial charge in [-0.2, -0.15) is 0 Å². The van der Waals surface area contributed by atoms with Gasteiger partial charge >= 0.3 is 0 Å². The number of methoxy groups -OCH3 is 1. The molecule has 4 aromatic rings. The lowest BCUT2D eigenvalue weighted by molar-refractivity contribution is -0.113. The highest BCUT2D eigenvalue weighted by molar-refractivity contribution is 8.01. The van der Waals surface area contributed by atoms with Gasteiger partial charge in [0.15, 0.2) is 4.34 Å². The summed E-state index contributed by atoms with van der Waals surface area (Å²) in [4.78, 5) is 33.3. The molecule has 0 saturated carbocycles. The second-order valence-electron chi connectivity index (χ2n) is 6.40. The number of aromatic nitrogens is 2. The fourth-order valence-corrected chi connectivity index (χ4v) is 4.74. The molecule has 156 valence electrons. The van der Waals surface area contributed by atoms with Crippen LogP contribution in [0, 0.1) is 0 Å². The number of fused-ring (bicyclic) bond motifs is 1. The van der Waals surface area contributed by atoms with E-state index in [9.17, 15) is 9.59 Å². The Bertz CT molecular complexity index is 1230. The van der Waals surface area contributed by atoms with Crippen LogP contribution in [0.2, 0.25) is 0 Å². The van der Waals surface area contributed by atoms with Crippen molar-refractivity contribution in [1.29, 1.82) is 0 Å². The molecule has 2 aromatic carbocycles. The number of nitrogens with zero attached hydrogens (tertiary/aromatic N) is 2. The Morgan fingerprint density at radius 2 is 1.94 bits per heavy atom. The number of carbonyl (C=O) groups is 2. The number of anilines is 2. The van der Waals surface area contributed by atoms with E-state index in [0.717, 1.165) is 14.6 Å². The minimum absolute atomic E-state index is 0.123. The Morgan fingerprint density at radius 3 is 2.74 bits per heavy atom. The molecule has 4 rings (SSSR count). The number of thioether (sulfide) groups is 1. The molecule has 0 radical (unpaired) electrons. The third kappa shape index (κ3) is 5.19. The molecular formula is C22H18N4O3S2. The van der Waals surface area contributed by atoms with E-state index in [1.807, 2.05) is 18.2 Å². The number of ether oxygens (including phenoxy) is 1. The zero-order chi connectivity index (χ0) is 21.6. The van der Waals surface area contributed by atoms with Gasteiger partial charge in [-0.3, -0.25) is 14.6 Å². The van der Waals surface area contributed by atoms with Crippen LogP contribution in [-0.2, 0) is 4.79 Å². The second kappa shape index (κ2) is 9.59. The molecule has 9 heteroatoms. The van der Waals surface area contributed by atoms with Gasteiger partial charge in [0.1, 0.15) is 5.75 Å². The molecule has 2 heterocycles. The average Bonchev–Trinajstić information content (AvgIpc) is 3.20. The minimum atomic E-state index is -0.247. The molecular weight excluding hydrogens is 432 g/mol. The molecule has 7 nitrogen and oxygen atoms in total. The van der Waals surface area contributed by atoms with Gasteiger partial charge in [-0.05, 0) is 42.5 Å². The lowest BCUT2D eigenvalue weighted by Crippen LogP contribution is -2.13. The van der Waals surface area contributed by atoms with Crippen molar-refractivity contribution in [3.05, 3.63) is 72.6 Å². The minimum Gasteiger partial charge on any atom is -0.496 e. The van der Waals surface area contributed by atoms with E-state index in [4.69, 9.17) is 4.74 Å². The van der Waals surface area contributed by atoms with Crippen molar-refractivity contribution in [2.45, 2.75) is 4.34 Å². The predicted octanol–water partition coefficient (Wildman–Crippen LogP) is 4.68. The first kappa shape index (κ1) is 20.8. The van der Waals surface area contributed by atoms with Crippen LogP contribution in [-0.4, -0.2) is 34.6 Å². The largest absolute Gasteiger partial charge is 0.496 e. The molecule has 0 aliphatic rings. The third-order valence-electron chi connectivity index (χ3n) is 4.25. The molecule has 0 spiro atoms. The summed E-state index contributed by atoms with van der Waals surface area (Å²) in [5, 5.41) is 5.69. The van der Waals surface area contributed by atoms with E-state index in [1.165, 1.54) is 30.2 Å². The monoisotopic (exact) mass is 450 g/mol. The lowest BCUT2D eigenvalue weighted by atomic mass is 10.2. The van der Waals surface area contributed by atoms with Crippen LogP contribution in [0.4, 0.5) is 11.4 Å². The van der Waals surface area contributed by atoms with E-state index < -0.39 is 0 Å². The molecule has 0 aliphatic heterocycles. The van der Waals surface area contributed by atoms with E-state index in [1.54, 1.807) is 48.8 Å². The maximum atomic E-state index is 12.6. The highest BCUT2D eigenvalue weighted by atomic mass is 32.2. The Labute approximate surface area is 186 Å². The zero-order valence-electron chi connectivity index (χ0n) is 16.5. The van der Waals surface area contributed by atoms with E-state index in [-0.39, 0.29) is 17.6 Å². The van der Waals surface area contributed by atoms with Crippen LogP contribution < -0.4 is 15.4 Å². The maximum absolute atomic E-state index is 12.6. The number of amides is 2. The number of carbonyl (C=O) groups excluding carboxylic acids is 2. The van der Waals surface area contributed by atoms with E-state index in [0.29, 0.717) is 22.7 Å². The Hall–Kier alpha value is -3.43. The Morgan fingerprint density at radius 1 is 1.06 bits per heavy atom. The summed E-state index contributed by atoms with van der Waals surface area (Å²) in [6.45, 7) is 0. The number of pyridine rings is 1. The predicted molar refractivity (Wildman–Crippen MR) is 124 cm³/mol. The number of benzene rings is 2. The topological polar surface area (TPSA) is 93.2 Å². The van der Waals surface area contributed by atoms with Crippen LogP contribution in [0.5, 0.6) is 5.75 Å². The van der Waals surface area contributed by atoms with Gasteiger partial charge in [-0.1, -0.05) is 23.9 Å². The van der Waals surface area contributed by atoms with Gasteiger partial charge < -0.3 is 15.4 Å². The molecule has 0 unspecified atom stereocenters. The van der Waals surface area contributed by atoms with Crippen molar-refractivity contribution < 1.29 is 14.3 Å². The van der Waals surface area contributed by atoms with Gasteiger partial charge in [-0.15, -0.1) is 11.3 Å². The molecule has 0 aliphatic carbocycles. The zero-order valence-corrected chi connectivity index (χ0v) is 18.1. The fourth-order valence-electron chi connectivity index (χ4n) is 2.83.